The van der Waals surface area contributed by atoms with E-state index >= 15 is 0 Å². The van der Waals surface area contributed by atoms with Crippen LogP contribution in [0.25, 0.3) is 0 Å². The average Bonchev–Trinajstić information content (AvgIpc) is 2.55. The van der Waals surface area contributed by atoms with E-state index in [4.69, 9.17) is 12.2 Å². The van der Waals surface area contributed by atoms with Crippen molar-refractivity contribution >= 4 is 40.5 Å². The zero-order chi connectivity index (χ0) is 17.9. The van der Waals surface area contributed by atoms with Crippen molar-refractivity contribution in [2.24, 2.45) is 0 Å². The molecule has 0 heterocycles. The van der Waals surface area contributed by atoms with Crippen molar-refractivity contribution in [2.75, 3.05) is 10.6 Å². The number of unbranched alkanes of at least 4 members (excludes halogenated alkanes) is 3. The number of amides is 2. The highest BCUT2D eigenvalue weighted by molar-refractivity contribution is 7.80. The number of carbonyl (C=O) groups excluding carboxylic acids is 2. The highest BCUT2D eigenvalue weighted by Crippen LogP contribution is 2.23. The number of hydrogen-bond donors (Lipinski definition) is 3. The molecule has 0 radical (unpaired) electrons. The molecule has 132 valence electrons. The molecule has 0 saturated heterocycles. The summed E-state index contributed by atoms with van der Waals surface area (Å²) in [5.41, 5.74) is 2.37. The number of thiocarbonyl (C=S) groups is 1. The van der Waals surface area contributed by atoms with Crippen molar-refractivity contribution in [1.29, 1.82) is 0 Å². The standard InChI is InChI=1S/C18H27N3O2S/c1-4-6-7-8-12-17(23)21-18(24)20-15-11-9-10-14(13(15)3)19-16(22)5-2/h9-11H,4-8,12H2,1-3H3,(H,19,22)(H2,20,21,23,24). The number of benzene rings is 1. The molecule has 1 aromatic carbocycles. The van der Waals surface area contributed by atoms with Crippen LogP contribution in [0.4, 0.5) is 11.4 Å². The molecule has 0 saturated carbocycles. The van der Waals surface area contributed by atoms with Crippen LogP contribution in [0, 0.1) is 6.92 Å². The summed E-state index contributed by atoms with van der Waals surface area (Å²) in [7, 11) is 0. The van der Waals surface area contributed by atoms with E-state index in [0.717, 1.165) is 42.6 Å². The molecule has 0 aromatic heterocycles. The van der Waals surface area contributed by atoms with Gasteiger partial charge in [0.25, 0.3) is 0 Å². The topological polar surface area (TPSA) is 70.2 Å². The van der Waals surface area contributed by atoms with Gasteiger partial charge in [0.2, 0.25) is 11.8 Å². The molecule has 2 amide bonds. The Morgan fingerprint density at radius 2 is 1.67 bits per heavy atom. The molecule has 0 atom stereocenters. The SMILES string of the molecule is CCCCCCC(=O)NC(=S)Nc1cccc(NC(=O)CC)c1C. The van der Waals surface area contributed by atoms with E-state index in [1.807, 2.05) is 25.1 Å². The zero-order valence-electron chi connectivity index (χ0n) is 14.7. The quantitative estimate of drug-likeness (QED) is 0.487. The second kappa shape index (κ2) is 10.8. The molecule has 0 spiro atoms. The van der Waals surface area contributed by atoms with Crippen LogP contribution in [-0.2, 0) is 9.59 Å². The summed E-state index contributed by atoms with van der Waals surface area (Å²) in [5, 5.41) is 8.84. The molecule has 6 heteroatoms. The summed E-state index contributed by atoms with van der Waals surface area (Å²) in [6, 6.07) is 5.52. The van der Waals surface area contributed by atoms with E-state index in [9.17, 15) is 9.59 Å². The number of anilines is 2. The predicted molar refractivity (Wildman–Crippen MR) is 103 cm³/mol. The van der Waals surface area contributed by atoms with E-state index in [1.165, 1.54) is 0 Å². The van der Waals surface area contributed by atoms with Gasteiger partial charge >= 0.3 is 0 Å². The van der Waals surface area contributed by atoms with Crippen molar-refractivity contribution in [3.05, 3.63) is 23.8 Å². The van der Waals surface area contributed by atoms with Gasteiger partial charge in [-0.15, -0.1) is 0 Å². The molecule has 1 aromatic rings. The summed E-state index contributed by atoms with van der Waals surface area (Å²) in [6.07, 6.45) is 5.12. The third-order valence-electron chi connectivity index (χ3n) is 3.69. The van der Waals surface area contributed by atoms with Crippen molar-refractivity contribution < 1.29 is 9.59 Å². The predicted octanol–water partition coefficient (Wildman–Crippen LogP) is 4.13. The normalized spacial score (nSPS) is 10.1. The molecule has 1 rings (SSSR count). The first-order valence-corrected chi connectivity index (χ1v) is 8.89. The summed E-state index contributed by atoms with van der Waals surface area (Å²) in [5.74, 6) is -0.116. The van der Waals surface area contributed by atoms with E-state index in [0.29, 0.717) is 12.8 Å². The largest absolute Gasteiger partial charge is 0.332 e. The summed E-state index contributed by atoms with van der Waals surface area (Å²) in [6.45, 7) is 5.83. The van der Waals surface area contributed by atoms with E-state index in [1.54, 1.807) is 6.92 Å². The molecule has 0 bridgehead atoms. The Labute approximate surface area is 149 Å². The second-order valence-electron chi connectivity index (χ2n) is 5.69. The maximum Gasteiger partial charge on any atom is 0.226 e. The number of carbonyl (C=O) groups is 2. The van der Waals surface area contributed by atoms with Gasteiger partial charge in [-0.05, 0) is 43.3 Å². The van der Waals surface area contributed by atoms with E-state index in [-0.39, 0.29) is 16.9 Å². The van der Waals surface area contributed by atoms with Crippen LogP contribution in [0.3, 0.4) is 0 Å². The summed E-state index contributed by atoms with van der Waals surface area (Å²) >= 11 is 5.20. The van der Waals surface area contributed by atoms with Crippen molar-refractivity contribution in [2.45, 2.75) is 59.3 Å². The molecular weight excluding hydrogens is 322 g/mol. The lowest BCUT2D eigenvalue weighted by Crippen LogP contribution is -2.34. The first-order chi connectivity index (χ1) is 11.5. The minimum atomic E-state index is -0.0725. The van der Waals surface area contributed by atoms with Gasteiger partial charge in [-0.25, -0.2) is 0 Å². The maximum atomic E-state index is 11.8. The molecule has 3 N–H and O–H groups in total. The van der Waals surface area contributed by atoms with Gasteiger partial charge in [-0.2, -0.15) is 0 Å². The number of hydrogen-bond acceptors (Lipinski definition) is 3. The van der Waals surface area contributed by atoms with Crippen LogP contribution < -0.4 is 16.0 Å². The molecule has 0 aliphatic heterocycles. The molecule has 0 aliphatic carbocycles. The van der Waals surface area contributed by atoms with Crippen LogP contribution in [0.1, 0.15) is 57.9 Å². The number of nitrogens with one attached hydrogen (secondary N) is 3. The maximum absolute atomic E-state index is 11.8. The fraction of sp³-hybridized carbons (Fsp3) is 0.500. The Kier molecular flexibility index (Phi) is 9.01. The first-order valence-electron chi connectivity index (χ1n) is 8.48. The van der Waals surface area contributed by atoms with Gasteiger partial charge in [0.1, 0.15) is 0 Å². The van der Waals surface area contributed by atoms with Gasteiger partial charge in [0.05, 0.1) is 0 Å². The van der Waals surface area contributed by atoms with Crippen LogP contribution in [-0.4, -0.2) is 16.9 Å². The Balaban J connectivity index is 2.56. The minimum Gasteiger partial charge on any atom is -0.332 e. The van der Waals surface area contributed by atoms with Crippen molar-refractivity contribution in [1.82, 2.24) is 5.32 Å². The minimum absolute atomic E-state index is 0.0433. The Morgan fingerprint density at radius 3 is 2.29 bits per heavy atom. The lowest BCUT2D eigenvalue weighted by molar-refractivity contribution is -0.119. The highest BCUT2D eigenvalue weighted by Gasteiger charge is 2.09. The van der Waals surface area contributed by atoms with Crippen molar-refractivity contribution in [3.63, 3.8) is 0 Å². The van der Waals surface area contributed by atoms with E-state index in [2.05, 4.69) is 22.9 Å². The summed E-state index contributed by atoms with van der Waals surface area (Å²) in [4.78, 5) is 23.4. The van der Waals surface area contributed by atoms with Crippen LogP contribution in [0.15, 0.2) is 18.2 Å². The Bertz CT molecular complexity index is 588. The van der Waals surface area contributed by atoms with Gasteiger partial charge in [0.15, 0.2) is 5.11 Å². The van der Waals surface area contributed by atoms with Gasteiger partial charge in [0, 0.05) is 24.2 Å². The number of rotatable bonds is 8. The van der Waals surface area contributed by atoms with Gasteiger partial charge in [-0.3, -0.25) is 9.59 Å². The molecule has 24 heavy (non-hydrogen) atoms. The lowest BCUT2D eigenvalue weighted by Gasteiger charge is -2.15. The first kappa shape index (κ1) is 20.1. The average molecular weight is 350 g/mol. The van der Waals surface area contributed by atoms with Crippen molar-refractivity contribution in [3.8, 4) is 0 Å². The summed E-state index contributed by atoms with van der Waals surface area (Å²) < 4.78 is 0. The fourth-order valence-corrected chi connectivity index (χ4v) is 2.42. The molecule has 5 nitrogen and oxygen atoms in total. The smallest absolute Gasteiger partial charge is 0.226 e. The second-order valence-corrected chi connectivity index (χ2v) is 6.10. The van der Waals surface area contributed by atoms with E-state index < -0.39 is 0 Å². The van der Waals surface area contributed by atoms with Crippen LogP contribution in [0.5, 0.6) is 0 Å². The van der Waals surface area contributed by atoms with Crippen LogP contribution >= 0.6 is 12.2 Å². The third-order valence-corrected chi connectivity index (χ3v) is 3.89. The Morgan fingerprint density at radius 1 is 1.00 bits per heavy atom. The molecule has 0 aliphatic rings. The lowest BCUT2D eigenvalue weighted by atomic mass is 10.1. The van der Waals surface area contributed by atoms with Gasteiger partial charge < -0.3 is 16.0 Å². The Hall–Kier alpha value is -1.95. The zero-order valence-corrected chi connectivity index (χ0v) is 15.5. The molecule has 0 unspecified atom stereocenters. The monoisotopic (exact) mass is 349 g/mol. The van der Waals surface area contributed by atoms with Crippen LogP contribution in [0.2, 0.25) is 0 Å². The highest BCUT2D eigenvalue weighted by atomic mass is 32.1. The fourth-order valence-electron chi connectivity index (χ4n) is 2.20. The van der Waals surface area contributed by atoms with Gasteiger partial charge in [-0.1, -0.05) is 39.2 Å². The molecule has 0 fully saturated rings. The molecular formula is C18H27N3O2S. The third kappa shape index (κ3) is 7.08.